The fourth-order valence-corrected chi connectivity index (χ4v) is 2.17. The van der Waals surface area contributed by atoms with Gasteiger partial charge in [-0.05, 0) is 30.5 Å². The van der Waals surface area contributed by atoms with Crippen molar-refractivity contribution in [2.24, 2.45) is 5.92 Å². The molecule has 0 atom stereocenters. The normalized spacial score (nSPS) is 10.5. The van der Waals surface area contributed by atoms with Crippen LogP contribution in [-0.4, -0.2) is 16.1 Å². The zero-order valence-corrected chi connectivity index (χ0v) is 13.0. The van der Waals surface area contributed by atoms with Gasteiger partial charge < -0.3 is 10.6 Å². The molecule has 0 aliphatic carbocycles. The maximum atomic E-state index is 12.0. The predicted octanol–water partition coefficient (Wildman–Crippen LogP) is 3.46. The van der Waals surface area contributed by atoms with Gasteiger partial charge in [0.25, 0.3) is 0 Å². The molecule has 1 heterocycles. The van der Waals surface area contributed by atoms with Crippen molar-refractivity contribution in [3.05, 3.63) is 48.0 Å². The molecular formula is C17H22N4O. The van der Waals surface area contributed by atoms with E-state index in [1.165, 1.54) is 5.56 Å². The van der Waals surface area contributed by atoms with Crippen LogP contribution in [0.3, 0.4) is 0 Å². The molecule has 116 valence electrons. The van der Waals surface area contributed by atoms with E-state index < -0.39 is 0 Å². The monoisotopic (exact) mass is 298 g/mol. The molecule has 0 bridgehead atoms. The summed E-state index contributed by atoms with van der Waals surface area (Å²) in [6.45, 7) is 4.71. The van der Waals surface area contributed by atoms with E-state index in [1.54, 1.807) is 6.07 Å². The molecule has 22 heavy (non-hydrogen) atoms. The van der Waals surface area contributed by atoms with Crippen LogP contribution in [0.2, 0.25) is 0 Å². The van der Waals surface area contributed by atoms with Gasteiger partial charge in [-0.3, -0.25) is 4.79 Å². The third-order valence-corrected chi connectivity index (χ3v) is 3.59. The summed E-state index contributed by atoms with van der Waals surface area (Å²) in [5.74, 6) is 1.20. The smallest absolute Gasteiger partial charge is 0.228 e. The third kappa shape index (κ3) is 4.55. The Morgan fingerprint density at radius 1 is 1.00 bits per heavy atom. The lowest BCUT2D eigenvalue weighted by molar-refractivity contribution is -0.120. The highest BCUT2D eigenvalue weighted by molar-refractivity contribution is 5.91. The van der Waals surface area contributed by atoms with Crippen LogP contribution in [0.4, 0.5) is 11.6 Å². The third-order valence-electron chi connectivity index (χ3n) is 3.59. The molecule has 1 aromatic heterocycles. The Morgan fingerprint density at radius 2 is 1.64 bits per heavy atom. The number of benzene rings is 1. The lowest BCUT2D eigenvalue weighted by atomic mass is 10.0. The van der Waals surface area contributed by atoms with Crippen LogP contribution in [0.25, 0.3) is 0 Å². The standard InChI is InChI=1S/C17H22N4O/c1-3-14(4-2)17(22)19-16-11-10-15(20-21-16)18-12-13-8-6-5-7-9-13/h5-11,14H,3-4,12H2,1-2H3,(H,18,20)(H,19,21,22). The predicted molar refractivity (Wildman–Crippen MR) is 88.5 cm³/mol. The van der Waals surface area contributed by atoms with Crippen LogP contribution in [0, 0.1) is 5.92 Å². The second-order valence-corrected chi connectivity index (χ2v) is 5.15. The quantitative estimate of drug-likeness (QED) is 0.821. The minimum Gasteiger partial charge on any atom is -0.365 e. The van der Waals surface area contributed by atoms with Crippen molar-refractivity contribution in [1.82, 2.24) is 10.2 Å². The average Bonchev–Trinajstić information content (AvgIpc) is 2.56. The van der Waals surface area contributed by atoms with Crippen molar-refractivity contribution in [3.8, 4) is 0 Å². The van der Waals surface area contributed by atoms with Crippen molar-refractivity contribution >= 4 is 17.5 Å². The highest BCUT2D eigenvalue weighted by Gasteiger charge is 2.14. The highest BCUT2D eigenvalue weighted by atomic mass is 16.1. The number of nitrogens with zero attached hydrogens (tertiary/aromatic N) is 2. The van der Waals surface area contributed by atoms with E-state index in [9.17, 15) is 4.79 Å². The summed E-state index contributed by atoms with van der Waals surface area (Å²) in [4.78, 5) is 12.0. The summed E-state index contributed by atoms with van der Waals surface area (Å²) in [7, 11) is 0. The van der Waals surface area contributed by atoms with Crippen molar-refractivity contribution in [1.29, 1.82) is 0 Å². The molecule has 0 unspecified atom stereocenters. The minimum absolute atomic E-state index is 0.00398. The van der Waals surface area contributed by atoms with Crippen LogP contribution >= 0.6 is 0 Å². The second kappa shape index (κ2) is 8.12. The van der Waals surface area contributed by atoms with Gasteiger partial charge >= 0.3 is 0 Å². The molecule has 0 fully saturated rings. The lowest BCUT2D eigenvalue weighted by Gasteiger charge is -2.12. The van der Waals surface area contributed by atoms with Gasteiger partial charge in [-0.15, -0.1) is 10.2 Å². The molecule has 0 aliphatic heterocycles. The van der Waals surface area contributed by atoms with E-state index in [1.807, 2.05) is 50.2 Å². The van der Waals surface area contributed by atoms with Gasteiger partial charge in [0.15, 0.2) is 5.82 Å². The molecule has 2 N–H and O–H groups in total. The van der Waals surface area contributed by atoms with Crippen LogP contribution in [0.1, 0.15) is 32.3 Å². The van der Waals surface area contributed by atoms with Gasteiger partial charge in [0.05, 0.1) is 0 Å². The summed E-state index contributed by atoms with van der Waals surface area (Å²) < 4.78 is 0. The van der Waals surface area contributed by atoms with E-state index in [4.69, 9.17) is 0 Å². The summed E-state index contributed by atoms with van der Waals surface area (Å²) in [6, 6.07) is 13.7. The topological polar surface area (TPSA) is 66.9 Å². The average molecular weight is 298 g/mol. The van der Waals surface area contributed by atoms with Crippen molar-refractivity contribution in [2.75, 3.05) is 10.6 Å². The Bertz CT molecular complexity index is 579. The molecule has 0 saturated heterocycles. The molecule has 1 amide bonds. The fraction of sp³-hybridized carbons (Fsp3) is 0.353. The second-order valence-electron chi connectivity index (χ2n) is 5.15. The summed E-state index contributed by atoms with van der Waals surface area (Å²) in [5.41, 5.74) is 1.18. The van der Waals surface area contributed by atoms with Crippen LogP contribution in [0.15, 0.2) is 42.5 Å². The van der Waals surface area contributed by atoms with Crippen molar-refractivity contribution < 1.29 is 4.79 Å². The summed E-state index contributed by atoms with van der Waals surface area (Å²) in [5, 5.41) is 14.1. The molecule has 5 heteroatoms. The van der Waals surface area contributed by atoms with Crippen molar-refractivity contribution in [2.45, 2.75) is 33.2 Å². The zero-order chi connectivity index (χ0) is 15.8. The van der Waals surface area contributed by atoms with Gasteiger partial charge in [-0.1, -0.05) is 44.2 Å². The lowest BCUT2D eigenvalue weighted by Crippen LogP contribution is -2.22. The summed E-state index contributed by atoms with van der Waals surface area (Å²) >= 11 is 0. The molecule has 2 aromatic rings. The number of hydrogen-bond acceptors (Lipinski definition) is 4. The number of carbonyl (C=O) groups excluding carboxylic acids is 1. The molecule has 0 saturated carbocycles. The first-order valence-electron chi connectivity index (χ1n) is 7.65. The zero-order valence-electron chi connectivity index (χ0n) is 13.0. The van der Waals surface area contributed by atoms with Crippen LogP contribution in [0.5, 0.6) is 0 Å². The largest absolute Gasteiger partial charge is 0.365 e. The Labute approximate surface area is 131 Å². The number of rotatable bonds is 7. The number of hydrogen-bond donors (Lipinski definition) is 2. The summed E-state index contributed by atoms with van der Waals surface area (Å²) in [6.07, 6.45) is 1.65. The van der Waals surface area contributed by atoms with Crippen molar-refractivity contribution in [3.63, 3.8) is 0 Å². The molecule has 0 aliphatic rings. The van der Waals surface area contributed by atoms with Gasteiger partial charge in [0, 0.05) is 12.5 Å². The fourth-order valence-electron chi connectivity index (χ4n) is 2.17. The minimum atomic E-state index is 0.00398. The van der Waals surface area contributed by atoms with E-state index in [-0.39, 0.29) is 11.8 Å². The first-order chi connectivity index (χ1) is 10.7. The van der Waals surface area contributed by atoms with Crippen LogP contribution < -0.4 is 10.6 Å². The first-order valence-corrected chi connectivity index (χ1v) is 7.65. The molecule has 5 nitrogen and oxygen atoms in total. The Morgan fingerprint density at radius 3 is 2.23 bits per heavy atom. The van der Waals surface area contributed by atoms with E-state index in [0.717, 1.165) is 12.8 Å². The Hall–Kier alpha value is -2.43. The molecule has 2 rings (SSSR count). The highest BCUT2D eigenvalue weighted by Crippen LogP contribution is 2.12. The first kappa shape index (κ1) is 15.9. The van der Waals surface area contributed by atoms with Gasteiger partial charge in [0.1, 0.15) is 5.82 Å². The maximum Gasteiger partial charge on any atom is 0.228 e. The van der Waals surface area contributed by atoms with E-state index >= 15 is 0 Å². The van der Waals surface area contributed by atoms with Gasteiger partial charge in [-0.25, -0.2) is 0 Å². The molecule has 0 radical (unpaired) electrons. The van der Waals surface area contributed by atoms with E-state index in [0.29, 0.717) is 18.2 Å². The molecular weight excluding hydrogens is 276 g/mol. The molecule has 0 spiro atoms. The van der Waals surface area contributed by atoms with E-state index in [2.05, 4.69) is 20.8 Å². The number of anilines is 2. The van der Waals surface area contributed by atoms with Gasteiger partial charge in [-0.2, -0.15) is 0 Å². The van der Waals surface area contributed by atoms with Crippen LogP contribution in [-0.2, 0) is 11.3 Å². The number of aromatic nitrogens is 2. The maximum absolute atomic E-state index is 12.0. The molecule has 1 aromatic carbocycles. The number of amides is 1. The Balaban J connectivity index is 1.89. The van der Waals surface area contributed by atoms with Gasteiger partial charge in [0.2, 0.25) is 5.91 Å². The SMILES string of the molecule is CCC(CC)C(=O)Nc1ccc(NCc2ccccc2)nn1. The Kier molecular flexibility index (Phi) is 5.89. The number of nitrogens with one attached hydrogen (secondary N) is 2. The number of carbonyl (C=O) groups is 1.